The van der Waals surface area contributed by atoms with Gasteiger partial charge in [0.15, 0.2) is 0 Å². The fourth-order valence-electron chi connectivity index (χ4n) is 3.73. The summed E-state index contributed by atoms with van der Waals surface area (Å²) < 4.78 is 57.4. The Labute approximate surface area is 155 Å². The molecule has 1 aromatic heterocycles. The molecule has 0 amide bonds. The molecule has 0 spiro atoms. The summed E-state index contributed by atoms with van der Waals surface area (Å²) in [5.74, 6) is -1.07. The molecule has 2 N–H and O–H groups in total. The molecule has 0 radical (unpaired) electrons. The van der Waals surface area contributed by atoms with Crippen molar-refractivity contribution < 1.29 is 21.9 Å². The average Bonchev–Trinajstić information content (AvgIpc) is 3.16. The third-order valence-corrected chi connectivity index (χ3v) is 5.97. The molecule has 146 valence electrons. The van der Waals surface area contributed by atoms with Crippen molar-refractivity contribution in [1.82, 2.24) is 14.1 Å². The van der Waals surface area contributed by atoms with Crippen LogP contribution in [-0.2, 0) is 27.8 Å². The molecule has 27 heavy (non-hydrogen) atoms. The van der Waals surface area contributed by atoms with E-state index in [9.17, 15) is 17.2 Å². The maximum absolute atomic E-state index is 14.0. The molecule has 0 bridgehead atoms. The zero-order valence-electron chi connectivity index (χ0n) is 14.7. The number of hydrogen-bond donors (Lipinski definition) is 1. The molecule has 3 heterocycles. The molecule has 4 rings (SSSR count). The molecule has 2 aliphatic rings. The van der Waals surface area contributed by atoms with E-state index in [-0.39, 0.29) is 11.6 Å². The number of aromatic nitrogens is 2. The van der Waals surface area contributed by atoms with Gasteiger partial charge in [-0.2, -0.15) is 9.19 Å². The second kappa shape index (κ2) is 6.62. The van der Waals surface area contributed by atoms with Crippen molar-refractivity contribution in [3.8, 4) is 0 Å². The van der Waals surface area contributed by atoms with E-state index in [1.54, 1.807) is 0 Å². The number of nitrogens with zero attached hydrogens (tertiary/aromatic N) is 3. The molecule has 0 aliphatic carbocycles. The second-order valence-electron chi connectivity index (χ2n) is 7.11. The van der Waals surface area contributed by atoms with Crippen molar-refractivity contribution in [3.63, 3.8) is 0 Å². The highest BCUT2D eigenvalue weighted by molar-refractivity contribution is 7.89. The van der Waals surface area contributed by atoms with Crippen molar-refractivity contribution in [3.05, 3.63) is 52.9 Å². The number of fused-ring (bicyclic) bond motifs is 1. The van der Waals surface area contributed by atoms with E-state index >= 15 is 0 Å². The van der Waals surface area contributed by atoms with Gasteiger partial charge in [0.05, 0.1) is 18.6 Å². The Balaban J connectivity index is 1.44. The lowest BCUT2D eigenvalue weighted by Crippen LogP contribution is -2.47. The van der Waals surface area contributed by atoms with Crippen molar-refractivity contribution in [2.75, 3.05) is 12.9 Å². The van der Waals surface area contributed by atoms with Crippen LogP contribution in [0.2, 0.25) is 0 Å². The van der Waals surface area contributed by atoms with Crippen LogP contribution in [-0.4, -0.2) is 47.4 Å². The summed E-state index contributed by atoms with van der Waals surface area (Å²) >= 11 is 0. The summed E-state index contributed by atoms with van der Waals surface area (Å²) in [7, 11) is -3.40. The van der Waals surface area contributed by atoms with Crippen LogP contribution in [0, 0.1) is 11.6 Å². The maximum atomic E-state index is 14.0. The third kappa shape index (κ3) is 3.49. The number of hydrogen-bond acceptors (Lipinski definition) is 6. The summed E-state index contributed by atoms with van der Waals surface area (Å²) in [5.41, 5.74) is 7.91. The quantitative estimate of drug-likeness (QED) is 0.834. The summed E-state index contributed by atoms with van der Waals surface area (Å²) in [6, 6.07) is 2.78. The van der Waals surface area contributed by atoms with E-state index in [2.05, 4.69) is 10.00 Å². The van der Waals surface area contributed by atoms with Gasteiger partial charge in [-0.3, -0.25) is 4.90 Å². The highest BCUT2D eigenvalue weighted by atomic mass is 32.2. The van der Waals surface area contributed by atoms with Gasteiger partial charge in [0.25, 0.3) is 10.0 Å². The predicted octanol–water partition coefficient (Wildman–Crippen LogP) is 1.14. The van der Waals surface area contributed by atoms with E-state index in [1.165, 1.54) is 6.20 Å². The first-order valence-electron chi connectivity index (χ1n) is 8.56. The number of nitrogens with two attached hydrogens (primary N) is 1. The monoisotopic (exact) mass is 398 g/mol. The third-order valence-electron chi connectivity index (χ3n) is 5.10. The first-order valence-corrected chi connectivity index (χ1v) is 10.4. The summed E-state index contributed by atoms with van der Waals surface area (Å²) in [6.45, 7) is 1.37. The van der Waals surface area contributed by atoms with E-state index in [0.717, 1.165) is 34.1 Å². The molecule has 2 aliphatic heterocycles. The van der Waals surface area contributed by atoms with Gasteiger partial charge < -0.3 is 10.5 Å². The van der Waals surface area contributed by atoms with Crippen LogP contribution in [0.1, 0.15) is 29.3 Å². The molecular formula is C17H20F2N4O3S. The molecular weight excluding hydrogens is 378 g/mol. The number of halogens is 2. The maximum Gasteiger partial charge on any atom is 0.250 e. The Morgan fingerprint density at radius 3 is 2.74 bits per heavy atom. The van der Waals surface area contributed by atoms with E-state index < -0.39 is 33.8 Å². The highest BCUT2D eigenvalue weighted by Crippen LogP contribution is 2.34. The minimum absolute atomic E-state index is 0.00578. The Morgan fingerprint density at radius 2 is 2.07 bits per heavy atom. The fourth-order valence-corrected chi connectivity index (χ4v) is 4.30. The molecule has 10 heteroatoms. The van der Waals surface area contributed by atoms with Gasteiger partial charge in [-0.1, -0.05) is 0 Å². The number of rotatable bonds is 3. The summed E-state index contributed by atoms with van der Waals surface area (Å²) in [5, 5.41) is 4.13. The SMILES string of the molecule is CS(=O)(=O)n1cc2c(n1)CN([C@H]1CO[C@H](c3cc(F)ccc3F)C(N)C1)C2. The Kier molecular flexibility index (Phi) is 4.53. The molecule has 3 atom stereocenters. The normalized spacial score (nSPS) is 26.3. The van der Waals surface area contributed by atoms with E-state index in [4.69, 9.17) is 10.5 Å². The molecule has 1 fully saturated rings. The first kappa shape index (κ1) is 18.5. The predicted molar refractivity (Wildman–Crippen MR) is 93.1 cm³/mol. The van der Waals surface area contributed by atoms with Gasteiger partial charge in [-0.05, 0) is 24.6 Å². The zero-order chi connectivity index (χ0) is 19.3. The van der Waals surface area contributed by atoms with Crippen molar-refractivity contribution >= 4 is 10.0 Å². The summed E-state index contributed by atoms with van der Waals surface area (Å²) in [6.07, 6.45) is 2.49. The van der Waals surface area contributed by atoms with Crippen LogP contribution in [0.15, 0.2) is 24.4 Å². The highest BCUT2D eigenvalue weighted by Gasteiger charge is 2.37. The van der Waals surface area contributed by atoms with Gasteiger partial charge in [-0.15, -0.1) is 0 Å². The lowest BCUT2D eigenvalue weighted by molar-refractivity contribution is -0.0533. The van der Waals surface area contributed by atoms with Crippen LogP contribution in [0.3, 0.4) is 0 Å². The smallest absolute Gasteiger partial charge is 0.250 e. The van der Waals surface area contributed by atoms with Gasteiger partial charge in [0, 0.05) is 42.5 Å². The van der Waals surface area contributed by atoms with E-state index in [0.29, 0.717) is 31.8 Å². The lowest BCUT2D eigenvalue weighted by Gasteiger charge is -2.38. The van der Waals surface area contributed by atoms with Crippen LogP contribution >= 0.6 is 0 Å². The van der Waals surface area contributed by atoms with Gasteiger partial charge in [-0.25, -0.2) is 17.2 Å². The number of benzene rings is 1. The van der Waals surface area contributed by atoms with Crippen LogP contribution in [0.25, 0.3) is 0 Å². The zero-order valence-corrected chi connectivity index (χ0v) is 15.5. The lowest BCUT2D eigenvalue weighted by atomic mass is 9.93. The summed E-state index contributed by atoms with van der Waals surface area (Å²) in [4.78, 5) is 2.11. The van der Waals surface area contributed by atoms with Gasteiger partial charge in [0.1, 0.15) is 17.7 Å². The van der Waals surface area contributed by atoms with Crippen molar-refractivity contribution in [2.45, 2.75) is 37.7 Å². The first-order chi connectivity index (χ1) is 12.7. The van der Waals surface area contributed by atoms with Crippen molar-refractivity contribution in [1.29, 1.82) is 0 Å². The molecule has 1 unspecified atom stereocenters. The Bertz CT molecular complexity index is 955. The van der Waals surface area contributed by atoms with Gasteiger partial charge >= 0.3 is 0 Å². The van der Waals surface area contributed by atoms with Gasteiger partial charge in [0.2, 0.25) is 0 Å². The van der Waals surface area contributed by atoms with E-state index in [1.807, 2.05) is 0 Å². The molecule has 1 aromatic carbocycles. The average molecular weight is 398 g/mol. The standard InChI is InChI=1S/C17H20F2N4O3S/c1-27(24,25)23-7-10-6-22(8-16(10)21-23)12-5-15(20)17(26-9-12)13-4-11(18)2-3-14(13)19/h2-4,7,12,15,17H,5-6,8-9,20H2,1H3/t12-,15?,17-/m1/s1. The minimum Gasteiger partial charge on any atom is -0.370 e. The number of ether oxygens (including phenoxy) is 1. The Hall–Kier alpha value is -1.88. The Morgan fingerprint density at radius 1 is 1.30 bits per heavy atom. The van der Waals surface area contributed by atoms with Crippen molar-refractivity contribution in [2.24, 2.45) is 5.73 Å². The molecule has 7 nitrogen and oxygen atoms in total. The minimum atomic E-state index is -3.40. The molecule has 0 saturated carbocycles. The van der Waals surface area contributed by atoms with Crippen LogP contribution in [0.4, 0.5) is 8.78 Å². The van der Waals surface area contributed by atoms with Crippen LogP contribution < -0.4 is 5.73 Å². The largest absolute Gasteiger partial charge is 0.370 e. The fraction of sp³-hybridized carbons (Fsp3) is 0.471. The molecule has 1 saturated heterocycles. The molecule has 2 aromatic rings. The van der Waals surface area contributed by atoms with Crippen LogP contribution in [0.5, 0.6) is 0 Å². The second-order valence-corrected chi connectivity index (χ2v) is 8.95. The topological polar surface area (TPSA) is 90.5 Å².